The molecule has 1 aromatic carbocycles. The van der Waals surface area contributed by atoms with E-state index in [4.69, 9.17) is 5.26 Å². The molecular formula is C8H6FNS. The van der Waals surface area contributed by atoms with Gasteiger partial charge in [-0.05, 0) is 24.6 Å². The van der Waals surface area contributed by atoms with E-state index in [1.54, 1.807) is 6.92 Å². The fraction of sp³-hybridized carbons (Fsp3) is 0.125. The van der Waals surface area contributed by atoms with E-state index in [1.165, 1.54) is 12.1 Å². The van der Waals surface area contributed by atoms with Crippen LogP contribution < -0.4 is 0 Å². The SMILES string of the molecule is Cc1cc(F)cc(S)c1C#N. The Hall–Kier alpha value is -1.01. The van der Waals surface area contributed by atoms with Gasteiger partial charge in [0, 0.05) is 4.90 Å². The molecule has 0 saturated carbocycles. The van der Waals surface area contributed by atoms with Crippen LogP contribution in [0.1, 0.15) is 11.1 Å². The maximum absolute atomic E-state index is 12.6. The summed E-state index contributed by atoms with van der Waals surface area (Å²) < 4.78 is 12.6. The molecule has 0 saturated heterocycles. The number of nitrogens with zero attached hydrogens (tertiary/aromatic N) is 1. The molecule has 0 aliphatic heterocycles. The van der Waals surface area contributed by atoms with Crippen molar-refractivity contribution < 1.29 is 4.39 Å². The molecule has 0 heterocycles. The summed E-state index contributed by atoms with van der Waals surface area (Å²) >= 11 is 3.95. The first kappa shape index (κ1) is 8.09. The first-order chi connectivity index (χ1) is 5.15. The van der Waals surface area contributed by atoms with E-state index in [0.717, 1.165) is 0 Å². The van der Waals surface area contributed by atoms with E-state index >= 15 is 0 Å². The molecule has 0 aliphatic carbocycles. The second-order valence-electron chi connectivity index (χ2n) is 2.23. The zero-order valence-corrected chi connectivity index (χ0v) is 6.82. The second kappa shape index (κ2) is 2.93. The minimum atomic E-state index is -0.355. The van der Waals surface area contributed by atoms with Gasteiger partial charge in [-0.1, -0.05) is 0 Å². The number of halogens is 1. The van der Waals surface area contributed by atoms with Gasteiger partial charge in [0.15, 0.2) is 0 Å². The molecule has 11 heavy (non-hydrogen) atoms. The first-order valence-corrected chi connectivity index (χ1v) is 3.49. The molecule has 0 spiro atoms. The van der Waals surface area contributed by atoms with Crippen LogP contribution in [0.4, 0.5) is 4.39 Å². The number of benzene rings is 1. The summed E-state index contributed by atoms with van der Waals surface area (Å²) in [5.41, 5.74) is 1.06. The van der Waals surface area contributed by atoms with E-state index < -0.39 is 0 Å². The highest BCUT2D eigenvalue weighted by atomic mass is 32.1. The fourth-order valence-corrected chi connectivity index (χ4v) is 1.22. The van der Waals surface area contributed by atoms with Crippen LogP contribution in [0.3, 0.4) is 0 Å². The van der Waals surface area contributed by atoms with Crippen LogP contribution in [0.25, 0.3) is 0 Å². The van der Waals surface area contributed by atoms with Crippen LogP contribution in [0, 0.1) is 24.1 Å². The predicted octanol–water partition coefficient (Wildman–Crippen LogP) is 2.29. The Morgan fingerprint density at radius 3 is 2.64 bits per heavy atom. The van der Waals surface area contributed by atoms with Gasteiger partial charge in [-0.2, -0.15) is 5.26 Å². The summed E-state index contributed by atoms with van der Waals surface area (Å²) in [6.45, 7) is 1.68. The van der Waals surface area contributed by atoms with Crippen LogP contribution in [-0.2, 0) is 0 Å². The van der Waals surface area contributed by atoms with Crippen molar-refractivity contribution in [3.05, 3.63) is 29.1 Å². The summed E-state index contributed by atoms with van der Waals surface area (Å²) in [7, 11) is 0. The topological polar surface area (TPSA) is 23.8 Å². The number of hydrogen-bond acceptors (Lipinski definition) is 2. The normalized spacial score (nSPS) is 9.27. The molecule has 0 amide bonds. The van der Waals surface area contributed by atoms with Crippen molar-refractivity contribution in [2.45, 2.75) is 11.8 Å². The number of nitriles is 1. The summed E-state index contributed by atoms with van der Waals surface area (Å²) in [5.74, 6) is -0.355. The Kier molecular flexibility index (Phi) is 2.16. The predicted molar refractivity (Wildman–Crippen MR) is 43.1 cm³/mol. The summed E-state index contributed by atoms with van der Waals surface area (Å²) in [6, 6.07) is 4.50. The van der Waals surface area contributed by atoms with Crippen LogP contribution >= 0.6 is 12.6 Å². The van der Waals surface area contributed by atoms with Crippen molar-refractivity contribution in [3.8, 4) is 6.07 Å². The highest BCUT2D eigenvalue weighted by molar-refractivity contribution is 7.80. The van der Waals surface area contributed by atoms with Crippen molar-refractivity contribution in [2.24, 2.45) is 0 Å². The maximum atomic E-state index is 12.6. The maximum Gasteiger partial charge on any atom is 0.124 e. The molecule has 1 rings (SSSR count). The van der Waals surface area contributed by atoms with Gasteiger partial charge in [-0.3, -0.25) is 0 Å². The van der Waals surface area contributed by atoms with E-state index in [1.807, 2.05) is 6.07 Å². The number of hydrogen-bond donors (Lipinski definition) is 1. The van der Waals surface area contributed by atoms with Gasteiger partial charge >= 0.3 is 0 Å². The Bertz CT molecular complexity index is 304. The highest BCUT2D eigenvalue weighted by Crippen LogP contribution is 2.18. The molecule has 0 radical (unpaired) electrons. The molecule has 0 N–H and O–H groups in total. The Labute approximate surface area is 69.9 Å². The lowest BCUT2D eigenvalue weighted by molar-refractivity contribution is 0.622. The summed E-state index contributed by atoms with van der Waals surface area (Å²) in [6.07, 6.45) is 0. The number of aryl methyl sites for hydroxylation is 1. The van der Waals surface area contributed by atoms with E-state index in [9.17, 15) is 4.39 Å². The van der Waals surface area contributed by atoms with Gasteiger partial charge < -0.3 is 0 Å². The van der Waals surface area contributed by atoms with Crippen molar-refractivity contribution in [2.75, 3.05) is 0 Å². The van der Waals surface area contributed by atoms with Crippen LogP contribution in [0.15, 0.2) is 17.0 Å². The molecule has 0 aromatic heterocycles. The van der Waals surface area contributed by atoms with Gasteiger partial charge in [0.25, 0.3) is 0 Å². The average molecular weight is 167 g/mol. The van der Waals surface area contributed by atoms with Crippen LogP contribution in [-0.4, -0.2) is 0 Å². The summed E-state index contributed by atoms with van der Waals surface area (Å²) in [5, 5.41) is 8.57. The van der Waals surface area contributed by atoms with E-state index in [-0.39, 0.29) is 5.82 Å². The van der Waals surface area contributed by atoms with Gasteiger partial charge in [0.05, 0.1) is 5.56 Å². The molecule has 1 nitrogen and oxygen atoms in total. The zero-order valence-electron chi connectivity index (χ0n) is 5.93. The third-order valence-corrected chi connectivity index (χ3v) is 1.74. The molecule has 56 valence electrons. The molecule has 0 unspecified atom stereocenters. The molecule has 0 fully saturated rings. The standard InChI is InChI=1S/C8H6FNS/c1-5-2-6(9)3-8(11)7(5)4-10/h2-3,11H,1H3. The average Bonchev–Trinajstić information content (AvgIpc) is 1.85. The van der Waals surface area contributed by atoms with Crippen molar-refractivity contribution in [3.63, 3.8) is 0 Å². The van der Waals surface area contributed by atoms with Crippen molar-refractivity contribution >= 4 is 12.6 Å². The third kappa shape index (κ3) is 1.52. The van der Waals surface area contributed by atoms with Crippen molar-refractivity contribution in [1.29, 1.82) is 5.26 Å². The van der Waals surface area contributed by atoms with E-state index in [2.05, 4.69) is 12.6 Å². The quantitative estimate of drug-likeness (QED) is 0.589. The Balaban J connectivity index is 3.40. The fourth-order valence-electron chi connectivity index (χ4n) is 0.871. The van der Waals surface area contributed by atoms with Gasteiger partial charge in [0.2, 0.25) is 0 Å². The first-order valence-electron chi connectivity index (χ1n) is 3.04. The molecule has 1 aromatic rings. The Morgan fingerprint density at radius 2 is 2.18 bits per heavy atom. The number of rotatable bonds is 0. The summed E-state index contributed by atoms with van der Waals surface area (Å²) in [4.78, 5) is 0.394. The minimum Gasteiger partial charge on any atom is -0.207 e. The zero-order chi connectivity index (χ0) is 8.43. The smallest absolute Gasteiger partial charge is 0.124 e. The lowest BCUT2D eigenvalue weighted by atomic mass is 10.1. The third-order valence-electron chi connectivity index (χ3n) is 1.39. The lowest BCUT2D eigenvalue weighted by Crippen LogP contribution is -1.86. The second-order valence-corrected chi connectivity index (χ2v) is 2.71. The van der Waals surface area contributed by atoms with Gasteiger partial charge in [0.1, 0.15) is 11.9 Å². The van der Waals surface area contributed by atoms with Crippen LogP contribution in [0.2, 0.25) is 0 Å². The minimum absolute atomic E-state index is 0.355. The molecule has 0 aliphatic rings. The highest BCUT2D eigenvalue weighted by Gasteiger charge is 2.03. The van der Waals surface area contributed by atoms with Gasteiger partial charge in [-0.15, -0.1) is 12.6 Å². The molecule has 3 heteroatoms. The number of thiol groups is 1. The van der Waals surface area contributed by atoms with Gasteiger partial charge in [-0.25, -0.2) is 4.39 Å². The molecular weight excluding hydrogens is 161 g/mol. The molecule has 0 atom stereocenters. The van der Waals surface area contributed by atoms with Crippen LogP contribution in [0.5, 0.6) is 0 Å². The molecule has 0 bridgehead atoms. The van der Waals surface area contributed by atoms with Crippen molar-refractivity contribution in [1.82, 2.24) is 0 Å². The lowest BCUT2D eigenvalue weighted by Gasteiger charge is -1.99. The largest absolute Gasteiger partial charge is 0.207 e. The van der Waals surface area contributed by atoms with E-state index in [0.29, 0.717) is 16.0 Å². The monoisotopic (exact) mass is 167 g/mol. The Morgan fingerprint density at radius 1 is 1.55 bits per heavy atom.